The first-order valence-electron chi connectivity index (χ1n) is 8.34. The number of anilines is 2. The predicted octanol–water partition coefficient (Wildman–Crippen LogP) is 3.86. The van der Waals surface area contributed by atoms with Crippen LogP contribution >= 0.6 is 0 Å². The average molecular weight is 359 g/mol. The second-order valence-electron chi connectivity index (χ2n) is 6.19. The molecule has 0 bridgehead atoms. The molecule has 27 heavy (non-hydrogen) atoms. The summed E-state index contributed by atoms with van der Waals surface area (Å²) in [6.07, 6.45) is 10.4. The smallest absolute Gasteiger partial charge is 0.229 e. The van der Waals surface area contributed by atoms with Gasteiger partial charge in [0.1, 0.15) is 5.65 Å². The van der Waals surface area contributed by atoms with E-state index in [-0.39, 0.29) is 5.82 Å². The minimum Gasteiger partial charge on any atom is -0.345 e. The Labute approximate surface area is 153 Å². The molecule has 0 saturated carbocycles. The molecule has 0 fully saturated rings. The Balaban J connectivity index is 1.58. The molecule has 0 radical (unpaired) electrons. The lowest BCUT2D eigenvalue weighted by Gasteiger charge is -2.05. The van der Waals surface area contributed by atoms with Crippen molar-refractivity contribution in [3.8, 4) is 11.1 Å². The number of halogens is 1. The third kappa shape index (κ3) is 2.58. The Hall–Kier alpha value is -3.81. The molecule has 0 saturated heterocycles. The van der Waals surface area contributed by atoms with E-state index in [9.17, 15) is 4.39 Å². The van der Waals surface area contributed by atoms with E-state index in [4.69, 9.17) is 0 Å². The van der Waals surface area contributed by atoms with Crippen molar-refractivity contribution in [1.82, 2.24) is 29.3 Å². The van der Waals surface area contributed by atoms with Crippen LogP contribution < -0.4 is 5.32 Å². The van der Waals surface area contributed by atoms with E-state index >= 15 is 0 Å². The van der Waals surface area contributed by atoms with Gasteiger partial charge in [-0.05, 0) is 25.1 Å². The highest BCUT2D eigenvalue weighted by molar-refractivity contribution is 5.93. The number of imidazole rings is 1. The van der Waals surface area contributed by atoms with Crippen LogP contribution in [0.5, 0.6) is 0 Å². The Morgan fingerprint density at radius 3 is 2.85 bits per heavy atom. The summed E-state index contributed by atoms with van der Waals surface area (Å²) in [7, 11) is 0. The number of nitrogens with one attached hydrogen (secondary N) is 2. The molecular formula is C19H14FN7. The molecule has 5 aromatic rings. The van der Waals surface area contributed by atoms with E-state index in [2.05, 4.69) is 30.2 Å². The number of H-pyrrole nitrogens is 1. The quantitative estimate of drug-likeness (QED) is 0.511. The number of rotatable bonds is 3. The number of hydrogen-bond donors (Lipinski definition) is 2. The molecule has 0 spiro atoms. The average Bonchev–Trinajstić information content (AvgIpc) is 3.26. The second kappa shape index (κ2) is 5.87. The van der Waals surface area contributed by atoms with Gasteiger partial charge in [-0.25, -0.2) is 14.4 Å². The van der Waals surface area contributed by atoms with Crippen LogP contribution in [0.1, 0.15) is 5.69 Å². The van der Waals surface area contributed by atoms with Gasteiger partial charge in [-0.2, -0.15) is 4.98 Å². The maximum absolute atomic E-state index is 14.4. The van der Waals surface area contributed by atoms with Gasteiger partial charge in [0.05, 0.1) is 0 Å². The van der Waals surface area contributed by atoms with Crippen molar-refractivity contribution >= 4 is 28.3 Å². The van der Waals surface area contributed by atoms with Gasteiger partial charge in [-0.3, -0.25) is 4.98 Å². The molecule has 0 amide bonds. The fraction of sp³-hybridized carbons (Fsp3) is 0.0526. The van der Waals surface area contributed by atoms with Crippen molar-refractivity contribution in [3.63, 3.8) is 0 Å². The number of hydrogen-bond acceptors (Lipinski definition) is 5. The standard InChI is InChI=1S/C19H14FN7/c1-11-7-23-18-16(20)6-12(10-27(11)18)14-8-22-17-15(14)9-24-19(26-17)25-13-2-4-21-5-3-13/h2-10H,1H3,(H2,21,22,24,25,26). The zero-order chi connectivity index (χ0) is 18.4. The third-order valence-corrected chi connectivity index (χ3v) is 4.43. The van der Waals surface area contributed by atoms with Gasteiger partial charge in [0.2, 0.25) is 5.95 Å². The molecule has 5 rings (SSSR count). The van der Waals surface area contributed by atoms with Crippen molar-refractivity contribution in [1.29, 1.82) is 0 Å². The molecule has 0 aliphatic heterocycles. The normalized spacial score (nSPS) is 11.3. The number of aromatic amines is 1. The topological polar surface area (TPSA) is 83.8 Å². The number of fused-ring (bicyclic) bond motifs is 2. The van der Waals surface area contributed by atoms with Gasteiger partial charge >= 0.3 is 0 Å². The molecule has 8 heteroatoms. The maximum Gasteiger partial charge on any atom is 0.229 e. The van der Waals surface area contributed by atoms with Gasteiger partial charge < -0.3 is 14.7 Å². The zero-order valence-corrected chi connectivity index (χ0v) is 14.3. The van der Waals surface area contributed by atoms with Crippen LogP contribution in [0.3, 0.4) is 0 Å². The van der Waals surface area contributed by atoms with Crippen molar-refractivity contribution in [2.75, 3.05) is 5.32 Å². The third-order valence-electron chi connectivity index (χ3n) is 4.43. The SMILES string of the molecule is Cc1cnc2c(F)cc(-c3c[nH]c4nc(Nc5ccncc5)ncc34)cn12. The highest BCUT2D eigenvalue weighted by Gasteiger charge is 2.13. The predicted molar refractivity (Wildman–Crippen MR) is 100 cm³/mol. The Bertz CT molecular complexity index is 1270. The summed E-state index contributed by atoms with van der Waals surface area (Å²) in [5.74, 6) is 0.0982. The van der Waals surface area contributed by atoms with E-state index < -0.39 is 0 Å². The van der Waals surface area contributed by atoms with E-state index in [1.54, 1.807) is 29.2 Å². The molecule has 5 heterocycles. The molecule has 2 N–H and O–H groups in total. The van der Waals surface area contributed by atoms with Gasteiger partial charge in [-0.1, -0.05) is 0 Å². The number of pyridine rings is 2. The first kappa shape index (κ1) is 15.4. The lowest BCUT2D eigenvalue weighted by atomic mass is 10.1. The Morgan fingerprint density at radius 2 is 2.00 bits per heavy atom. The van der Waals surface area contributed by atoms with Gasteiger partial charge in [0.15, 0.2) is 11.5 Å². The first-order chi connectivity index (χ1) is 13.2. The van der Waals surface area contributed by atoms with E-state index in [1.165, 1.54) is 6.07 Å². The summed E-state index contributed by atoms with van der Waals surface area (Å²) in [5.41, 5.74) is 4.25. The van der Waals surface area contributed by atoms with Crippen LogP contribution in [-0.4, -0.2) is 29.3 Å². The van der Waals surface area contributed by atoms with E-state index in [0.717, 1.165) is 27.9 Å². The number of aryl methyl sites for hydroxylation is 1. The molecule has 0 atom stereocenters. The maximum atomic E-state index is 14.4. The fourth-order valence-corrected chi connectivity index (χ4v) is 3.08. The Kier molecular flexibility index (Phi) is 3.36. The Morgan fingerprint density at radius 1 is 1.15 bits per heavy atom. The fourth-order valence-electron chi connectivity index (χ4n) is 3.08. The number of aromatic nitrogens is 6. The van der Waals surface area contributed by atoms with Crippen LogP contribution in [0.15, 0.2) is 55.4 Å². The van der Waals surface area contributed by atoms with Crippen molar-refractivity contribution in [3.05, 3.63) is 66.9 Å². The van der Waals surface area contributed by atoms with Crippen LogP contribution in [0, 0.1) is 12.7 Å². The summed E-state index contributed by atoms with van der Waals surface area (Å²) in [4.78, 5) is 20.1. The molecule has 132 valence electrons. The minimum atomic E-state index is -0.369. The van der Waals surface area contributed by atoms with Crippen LogP contribution in [-0.2, 0) is 0 Å². The summed E-state index contributed by atoms with van der Waals surface area (Å²) in [6, 6.07) is 5.14. The zero-order valence-electron chi connectivity index (χ0n) is 14.3. The summed E-state index contributed by atoms with van der Waals surface area (Å²) in [5, 5.41) is 3.94. The largest absolute Gasteiger partial charge is 0.345 e. The molecular weight excluding hydrogens is 345 g/mol. The highest BCUT2D eigenvalue weighted by Crippen LogP contribution is 2.29. The van der Waals surface area contributed by atoms with Gasteiger partial charge in [-0.15, -0.1) is 0 Å². The van der Waals surface area contributed by atoms with Crippen molar-refractivity contribution < 1.29 is 4.39 Å². The first-order valence-corrected chi connectivity index (χ1v) is 8.34. The lowest BCUT2D eigenvalue weighted by molar-refractivity contribution is 0.630. The summed E-state index contributed by atoms with van der Waals surface area (Å²) >= 11 is 0. The van der Waals surface area contributed by atoms with Crippen molar-refractivity contribution in [2.24, 2.45) is 0 Å². The van der Waals surface area contributed by atoms with Crippen LogP contribution in [0.2, 0.25) is 0 Å². The van der Waals surface area contributed by atoms with E-state index in [0.29, 0.717) is 17.2 Å². The minimum absolute atomic E-state index is 0.316. The molecule has 0 aromatic carbocycles. The molecule has 7 nitrogen and oxygen atoms in total. The monoisotopic (exact) mass is 359 g/mol. The lowest BCUT2D eigenvalue weighted by Crippen LogP contribution is -1.97. The van der Waals surface area contributed by atoms with E-state index in [1.807, 2.05) is 31.5 Å². The van der Waals surface area contributed by atoms with Crippen LogP contribution in [0.25, 0.3) is 27.8 Å². The molecule has 0 aliphatic rings. The van der Waals surface area contributed by atoms with Gasteiger partial charge in [0, 0.05) is 65.1 Å². The van der Waals surface area contributed by atoms with Gasteiger partial charge in [0.25, 0.3) is 0 Å². The molecule has 0 unspecified atom stereocenters. The van der Waals surface area contributed by atoms with Crippen LogP contribution in [0.4, 0.5) is 16.0 Å². The molecule has 5 aromatic heterocycles. The highest BCUT2D eigenvalue weighted by atomic mass is 19.1. The molecule has 0 aliphatic carbocycles. The second-order valence-corrected chi connectivity index (χ2v) is 6.19. The summed E-state index contributed by atoms with van der Waals surface area (Å²) < 4.78 is 16.2. The summed E-state index contributed by atoms with van der Waals surface area (Å²) in [6.45, 7) is 1.89. The van der Waals surface area contributed by atoms with Crippen molar-refractivity contribution in [2.45, 2.75) is 6.92 Å². The number of nitrogens with zero attached hydrogens (tertiary/aromatic N) is 5.